The Labute approximate surface area is 67.7 Å². The maximum absolute atomic E-state index is 10.6. The molecule has 1 rings (SSSR count). The van der Waals surface area contributed by atoms with E-state index < -0.39 is 0 Å². The number of hydrogen-bond donors (Lipinski definition) is 3. The molecule has 0 aliphatic rings. The van der Waals surface area contributed by atoms with Crippen LogP contribution in [0.3, 0.4) is 0 Å². The van der Waals surface area contributed by atoms with Gasteiger partial charge in [-0.3, -0.25) is 10.2 Å². The third-order valence-corrected chi connectivity index (χ3v) is 1.88. The van der Waals surface area contributed by atoms with Crippen LogP contribution in [-0.4, -0.2) is 21.6 Å². The minimum Gasteiger partial charge on any atom is -0.340 e. The maximum Gasteiger partial charge on any atom is 0.244 e. The zero-order chi connectivity index (χ0) is 8.10. The van der Waals surface area contributed by atoms with E-state index in [1.54, 1.807) is 12.4 Å². The Morgan fingerprint density at radius 2 is 2.73 bits per heavy atom. The summed E-state index contributed by atoms with van der Waals surface area (Å²) >= 11 is 1.30. The molecule has 0 unspecified atom stereocenters. The van der Waals surface area contributed by atoms with Gasteiger partial charge in [-0.15, -0.1) is 0 Å². The number of amides is 1. The number of H-pyrrole nitrogens is 1. The van der Waals surface area contributed by atoms with E-state index in [2.05, 4.69) is 9.97 Å². The van der Waals surface area contributed by atoms with E-state index in [0.29, 0.717) is 5.16 Å². The number of nitrogens with zero attached hydrogens (tertiary/aromatic N) is 1. The molecule has 0 fully saturated rings. The van der Waals surface area contributed by atoms with Crippen molar-refractivity contribution in [2.24, 2.45) is 5.84 Å². The van der Waals surface area contributed by atoms with Crippen molar-refractivity contribution >= 4 is 17.7 Å². The molecule has 0 atom stereocenters. The average Bonchev–Trinajstić information content (AvgIpc) is 2.52. The summed E-state index contributed by atoms with van der Waals surface area (Å²) in [5.74, 6) is 4.93. The predicted molar refractivity (Wildman–Crippen MR) is 41.6 cm³/mol. The summed E-state index contributed by atoms with van der Waals surface area (Å²) < 4.78 is 0. The first-order valence-electron chi connectivity index (χ1n) is 2.94. The standard InChI is InChI=1S/C5H8N4OS/c6-9-4(10)3-11-5-7-1-2-8-5/h1-2H,3,6H2,(H,7,8)(H,9,10). The SMILES string of the molecule is NNC(=O)CSc1ncc[nH]1. The van der Waals surface area contributed by atoms with Crippen molar-refractivity contribution in [3.63, 3.8) is 0 Å². The van der Waals surface area contributed by atoms with Gasteiger partial charge in [0.1, 0.15) is 0 Å². The number of imidazole rings is 1. The van der Waals surface area contributed by atoms with Gasteiger partial charge in [-0.2, -0.15) is 0 Å². The fourth-order valence-corrected chi connectivity index (χ4v) is 1.14. The fourth-order valence-electron chi connectivity index (χ4n) is 0.505. The van der Waals surface area contributed by atoms with Crippen LogP contribution in [0.2, 0.25) is 0 Å². The van der Waals surface area contributed by atoms with Crippen LogP contribution in [0, 0.1) is 0 Å². The first-order chi connectivity index (χ1) is 5.33. The van der Waals surface area contributed by atoms with Crippen LogP contribution < -0.4 is 11.3 Å². The average molecular weight is 172 g/mol. The summed E-state index contributed by atoms with van der Waals surface area (Å²) in [5, 5.41) is 0.716. The molecule has 0 saturated carbocycles. The molecular formula is C5H8N4OS. The van der Waals surface area contributed by atoms with Gasteiger partial charge in [0.15, 0.2) is 5.16 Å². The highest BCUT2D eigenvalue weighted by molar-refractivity contribution is 7.99. The lowest BCUT2D eigenvalue weighted by molar-refractivity contribution is -0.118. The largest absolute Gasteiger partial charge is 0.340 e. The highest BCUT2D eigenvalue weighted by Gasteiger charge is 2.00. The lowest BCUT2D eigenvalue weighted by Gasteiger charge is -1.95. The Hall–Kier alpha value is -1.01. The van der Waals surface area contributed by atoms with Crippen LogP contribution in [0.4, 0.5) is 0 Å². The first kappa shape index (κ1) is 8.09. The van der Waals surface area contributed by atoms with Crippen molar-refractivity contribution in [1.82, 2.24) is 15.4 Å². The van der Waals surface area contributed by atoms with Gasteiger partial charge in [-0.25, -0.2) is 10.8 Å². The summed E-state index contributed by atoms with van der Waals surface area (Å²) in [6, 6.07) is 0. The smallest absolute Gasteiger partial charge is 0.244 e. The molecule has 0 aromatic carbocycles. The van der Waals surface area contributed by atoms with Gasteiger partial charge in [-0.1, -0.05) is 11.8 Å². The van der Waals surface area contributed by atoms with E-state index in [0.717, 1.165) is 0 Å². The van der Waals surface area contributed by atoms with Crippen molar-refractivity contribution in [3.8, 4) is 0 Å². The maximum atomic E-state index is 10.6. The minimum atomic E-state index is -0.216. The molecule has 0 bridgehead atoms. The molecule has 1 aromatic heterocycles. The second kappa shape index (κ2) is 3.99. The molecule has 0 radical (unpaired) electrons. The van der Waals surface area contributed by atoms with Gasteiger partial charge in [-0.05, 0) is 0 Å². The molecule has 0 aliphatic carbocycles. The van der Waals surface area contributed by atoms with E-state index >= 15 is 0 Å². The summed E-state index contributed by atoms with van der Waals surface area (Å²) in [7, 11) is 0. The third-order valence-electron chi connectivity index (χ3n) is 0.974. The number of nitrogens with two attached hydrogens (primary N) is 1. The van der Waals surface area contributed by atoms with Crippen molar-refractivity contribution in [1.29, 1.82) is 0 Å². The van der Waals surface area contributed by atoms with Crippen LogP contribution in [-0.2, 0) is 4.79 Å². The number of aromatic amines is 1. The second-order valence-corrected chi connectivity index (χ2v) is 2.71. The Balaban J connectivity index is 2.29. The molecular weight excluding hydrogens is 164 g/mol. The fraction of sp³-hybridized carbons (Fsp3) is 0.200. The quantitative estimate of drug-likeness (QED) is 0.248. The molecule has 0 spiro atoms. The van der Waals surface area contributed by atoms with Crippen molar-refractivity contribution in [2.45, 2.75) is 5.16 Å². The predicted octanol–water partition coefficient (Wildman–Crippen LogP) is -0.508. The van der Waals surface area contributed by atoms with Crippen molar-refractivity contribution in [3.05, 3.63) is 12.4 Å². The highest BCUT2D eigenvalue weighted by Crippen LogP contribution is 2.09. The van der Waals surface area contributed by atoms with Gasteiger partial charge in [0.05, 0.1) is 5.75 Å². The monoisotopic (exact) mass is 172 g/mol. The Kier molecular flexibility index (Phi) is 2.94. The molecule has 0 aliphatic heterocycles. The van der Waals surface area contributed by atoms with Gasteiger partial charge in [0.2, 0.25) is 5.91 Å². The summed E-state index contributed by atoms with van der Waals surface area (Å²) in [6.45, 7) is 0. The molecule has 11 heavy (non-hydrogen) atoms. The summed E-state index contributed by atoms with van der Waals surface area (Å²) in [4.78, 5) is 17.4. The molecule has 60 valence electrons. The topological polar surface area (TPSA) is 83.8 Å². The Bertz CT molecular complexity index is 222. The Morgan fingerprint density at radius 3 is 3.27 bits per heavy atom. The molecule has 1 amide bonds. The van der Waals surface area contributed by atoms with Crippen LogP contribution in [0.1, 0.15) is 0 Å². The number of thioether (sulfide) groups is 1. The van der Waals surface area contributed by atoms with E-state index in [1.165, 1.54) is 11.8 Å². The zero-order valence-corrected chi connectivity index (χ0v) is 6.52. The number of carbonyl (C=O) groups excluding carboxylic acids is 1. The number of nitrogens with one attached hydrogen (secondary N) is 2. The van der Waals surface area contributed by atoms with E-state index in [1.807, 2.05) is 5.43 Å². The Morgan fingerprint density at radius 1 is 1.91 bits per heavy atom. The van der Waals surface area contributed by atoms with Crippen molar-refractivity contribution < 1.29 is 4.79 Å². The molecule has 4 N–H and O–H groups in total. The van der Waals surface area contributed by atoms with Crippen molar-refractivity contribution in [2.75, 3.05) is 5.75 Å². The zero-order valence-electron chi connectivity index (χ0n) is 5.70. The second-order valence-electron chi connectivity index (χ2n) is 1.75. The van der Waals surface area contributed by atoms with E-state index in [9.17, 15) is 4.79 Å². The van der Waals surface area contributed by atoms with E-state index in [4.69, 9.17) is 5.84 Å². The van der Waals surface area contributed by atoms with Gasteiger partial charge < -0.3 is 4.98 Å². The minimum absolute atomic E-state index is 0.216. The van der Waals surface area contributed by atoms with Crippen LogP contribution in [0.15, 0.2) is 17.6 Å². The number of hydrogen-bond acceptors (Lipinski definition) is 4. The first-order valence-corrected chi connectivity index (χ1v) is 3.93. The molecule has 1 heterocycles. The molecule has 1 aromatic rings. The van der Waals surface area contributed by atoms with Gasteiger partial charge >= 0.3 is 0 Å². The van der Waals surface area contributed by atoms with Crippen LogP contribution in [0.5, 0.6) is 0 Å². The molecule has 0 saturated heterocycles. The number of rotatable bonds is 3. The lowest BCUT2D eigenvalue weighted by Crippen LogP contribution is -2.31. The number of hydrazine groups is 1. The van der Waals surface area contributed by atoms with Crippen LogP contribution >= 0.6 is 11.8 Å². The lowest BCUT2D eigenvalue weighted by atomic mass is 10.8. The number of aromatic nitrogens is 2. The molecule has 5 nitrogen and oxygen atoms in total. The normalized spacial score (nSPS) is 9.55. The van der Waals surface area contributed by atoms with E-state index in [-0.39, 0.29) is 11.7 Å². The number of carbonyl (C=O) groups is 1. The van der Waals surface area contributed by atoms with Gasteiger partial charge in [0, 0.05) is 12.4 Å². The summed E-state index contributed by atoms with van der Waals surface area (Å²) in [6.07, 6.45) is 3.32. The van der Waals surface area contributed by atoms with Crippen LogP contribution in [0.25, 0.3) is 0 Å². The van der Waals surface area contributed by atoms with Gasteiger partial charge in [0.25, 0.3) is 0 Å². The highest BCUT2D eigenvalue weighted by atomic mass is 32.2. The third kappa shape index (κ3) is 2.60. The summed E-state index contributed by atoms with van der Waals surface area (Å²) in [5.41, 5.74) is 2.03. The molecule has 6 heteroatoms.